The SMILES string of the molecule is Cc1cc(C(C)Nc2cc(Cl)cc3cccnc23)c(C)o1. The molecule has 0 fully saturated rings. The summed E-state index contributed by atoms with van der Waals surface area (Å²) in [5.74, 6) is 1.86. The molecule has 1 aromatic carbocycles. The zero-order valence-electron chi connectivity index (χ0n) is 12.3. The third kappa shape index (κ3) is 2.74. The van der Waals surface area contributed by atoms with Crippen LogP contribution < -0.4 is 5.32 Å². The maximum absolute atomic E-state index is 6.20. The van der Waals surface area contributed by atoms with E-state index in [1.165, 1.54) is 0 Å². The second-order valence-corrected chi connectivity index (χ2v) is 5.70. The van der Waals surface area contributed by atoms with Crippen LogP contribution in [0.25, 0.3) is 10.9 Å². The van der Waals surface area contributed by atoms with E-state index in [2.05, 4.69) is 23.3 Å². The summed E-state index contributed by atoms with van der Waals surface area (Å²) in [7, 11) is 0. The van der Waals surface area contributed by atoms with Gasteiger partial charge in [-0.05, 0) is 45.0 Å². The lowest BCUT2D eigenvalue weighted by molar-refractivity contribution is 0.500. The summed E-state index contributed by atoms with van der Waals surface area (Å²) in [5.41, 5.74) is 3.01. The van der Waals surface area contributed by atoms with Gasteiger partial charge in [0.15, 0.2) is 0 Å². The Balaban J connectivity index is 1.99. The van der Waals surface area contributed by atoms with Gasteiger partial charge in [0.2, 0.25) is 0 Å². The van der Waals surface area contributed by atoms with Crippen molar-refractivity contribution >= 4 is 28.2 Å². The van der Waals surface area contributed by atoms with E-state index < -0.39 is 0 Å². The highest BCUT2D eigenvalue weighted by Gasteiger charge is 2.14. The minimum absolute atomic E-state index is 0.117. The number of pyridine rings is 1. The quantitative estimate of drug-likeness (QED) is 0.716. The molecule has 0 saturated carbocycles. The molecule has 3 aromatic rings. The smallest absolute Gasteiger partial charge is 0.106 e. The van der Waals surface area contributed by atoms with Crippen LogP contribution in [0.3, 0.4) is 0 Å². The molecule has 3 rings (SSSR count). The first-order valence-corrected chi connectivity index (χ1v) is 7.30. The lowest BCUT2D eigenvalue weighted by atomic mass is 10.1. The van der Waals surface area contributed by atoms with Crippen molar-refractivity contribution in [3.63, 3.8) is 0 Å². The molecule has 2 aromatic heterocycles. The Bertz CT molecular complexity index is 795. The average Bonchev–Trinajstić information content (AvgIpc) is 2.77. The topological polar surface area (TPSA) is 38.1 Å². The third-order valence-corrected chi connectivity index (χ3v) is 3.81. The second kappa shape index (κ2) is 5.41. The van der Waals surface area contributed by atoms with Crippen LogP contribution in [-0.2, 0) is 0 Å². The Labute approximate surface area is 128 Å². The van der Waals surface area contributed by atoms with Crippen LogP contribution in [0.1, 0.15) is 30.0 Å². The summed E-state index contributed by atoms with van der Waals surface area (Å²) in [6.07, 6.45) is 1.79. The van der Waals surface area contributed by atoms with Gasteiger partial charge in [0, 0.05) is 22.2 Å². The minimum atomic E-state index is 0.117. The van der Waals surface area contributed by atoms with E-state index in [0.29, 0.717) is 5.02 Å². The second-order valence-electron chi connectivity index (χ2n) is 5.26. The molecule has 4 heteroatoms. The molecule has 2 heterocycles. The number of nitrogens with zero attached hydrogens (tertiary/aromatic N) is 1. The van der Waals surface area contributed by atoms with Crippen LogP contribution >= 0.6 is 11.6 Å². The molecule has 1 unspecified atom stereocenters. The summed E-state index contributed by atoms with van der Waals surface area (Å²) in [6.45, 7) is 6.04. The van der Waals surface area contributed by atoms with Gasteiger partial charge in [0.25, 0.3) is 0 Å². The van der Waals surface area contributed by atoms with E-state index in [1.54, 1.807) is 6.20 Å². The Kier molecular flexibility index (Phi) is 3.60. The minimum Gasteiger partial charge on any atom is -0.466 e. The number of benzene rings is 1. The lowest BCUT2D eigenvalue weighted by Gasteiger charge is -2.16. The largest absolute Gasteiger partial charge is 0.466 e. The van der Waals surface area contributed by atoms with E-state index in [0.717, 1.165) is 33.7 Å². The summed E-state index contributed by atoms with van der Waals surface area (Å²) in [5, 5.41) is 5.22. The number of nitrogens with one attached hydrogen (secondary N) is 1. The fourth-order valence-corrected chi connectivity index (χ4v) is 2.88. The molecule has 108 valence electrons. The molecular formula is C17H17ClN2O. The number of rotatable bonds is 3. The van der Waals surface area contributed by atoms with Crippen molar-refractivity contribution in [2.45, 2.75) is 26.8 Å². The third-order valence-electron chi connectivity index (χ3n) is 3.59. The molecule has 1 atom stereocenters. The molecule has 0 aliphatic rings. The van der Waals surface area contributed by atoms with Crippen LogP contribution in [0.4, 0.5) is 5.69 Å². The molecule has 0 amide bonds. The van der Waals surface area contributed by atoms with Gasteiger partial charge in [0.1, 0.15) is 11.5 Å². The van der Waals surface area contributed by atoms with Crippen molar-refractivity contribution in [3.05, 3.63) is 58.6 Å². The zero-order valence-corrected chi connectivity index (χ0v) is 13.0. The number of anilines is 1. The van der Waals surface area contributed by atoms with Crippen LogP contribution in [-0.4, -0.2) is 4.98 Å². The van der Waals surface area contributed by atoms with Crippen molar-refractivity contribution in [2.24, 2.45) is 0 Å². The Morgan fingerprint density at radius 2 is 2.05 bits per heavy atom. The van der Waals surface area contributed by atoms with Gasteiger partial charge in [0.05, 0.1) is 17.2 Å². The van der Waals surface area contributed by atoms with Gasteiger partial charge >= 0.3 is 0 Å². The van der Waals surface area contributed by atoms with Gasteiger partial charge < -0.3 is 9.73 Å². The van der Waals surface area contributed by atoms with E-state index in [9.17, 15) is 0 Å². The molecule has 3 nitrogen and oxygen atoms in total. The van der Waals surface area contributed by atoms with Crippen molar-refractivity contribution in [1.82, 2.24) is 4.98 Å². The normalized spacial score (nSPS) is 12.6. The summed E-state index contributed by atoms with van der Waals surface area (Å²) < 4.78 is 5.60. The maximum Gasteiger partial charge on any atom is 0.106 e. The Morgan fingerprint density at radius 3 is 2.76 bits per heavy atom. The van der Waals surface area contributed by atoms with E-state index in [-0.39, 0.29) is 6.04 Å². The summed E-state index contributed by atoms with van der Waals surface area (Å²) in [4.78, 5) is 4.45. The number of hydrogen-bond acceptors (Lipinski definition) is 3. The standard InChI is InChI=1S/C17H17ClN2O/c1-10-7-15(12(3)21-10)11(2)20-16-9-14(18)8-13-5-4-6-19-17(13)16/h4-9,11,20H,1-3H3. The van der Waals surface area contributed by atoms with Crippen molar-refractivity contribution in [1.29, 1.82) is 0 Å². The molecule has 0 radical (unpaired) electrons. The molecule has 0 aliphatic heterocycles. The van der Waals surface area contributed by atoms with E-state index >= 15 is 0 Å². The fourth-order valence-electron chi connectivity index (χ4n) is 2.66. The first kappa shape index (κ1) is 14.0. The molecule has 1 N–H and O–H groups in total. The number of furan rings is 1. The summed E-state index contributed by atoms with van der Waals surface area (Å²) in [6, 6.07) is 9.94. The highest BCUT2D eigenvalue weighted by Crippen LogP contribution is 2.30. The molecule has 21 heavy (non-hydrogen) atoms. The maximum atomic E-state index is 6.20. The van der Waals surface area contributed by atoms with Crippen LogP contribution in [0.2, 0.25) is 5.02 Å². The number of halogens is 1. The lowest BCUT2D eigenvalue weighted by Crippen LogP contribution is -2.07. The van der Waals surface area contributed by atoms with Gasteiger partial charge in [-0.1, -0.05) is 17.7 Å². The predicted molar refractivity (Wildman–Crippen MR) is 87.0 cm³/mol. The molecule has 0 bridgehead atoms. The Hall–Kier alpha value is -2.00. The molecule has 0 aliphatic carbocycles. The van der Waals surface area contributed by atoms with Gasteiger partial charge in [-0.2, -0.15) is 0 Å². The molecule has 0 spiro atoms. The van der Waals surface area contributed by atoms with Crippen LogP contribution in [0.5, 0.6) is 0 Å². The van der Waals surface area contributed by atoms with E-state index in [4.69, 9.17) is 16.0 Å². The van der Waals surface area contributed by atoms with Gasteiger partial charge in [-0.25, -0.2) is 0 Å². The van der Waals surface area contributed by atoms with Crippen molar-refractivity contribution in [3.8, 4) is 0 Å². The Morgan fingerprint density at radius 1 is 1.24 bits per heavy atom. The van der Waals surface area contributed by atoms with Crippen LogP contribution in [0.15, 0.2) is 40.9 Å². The highest BCUT2D eigenvalue weighted by molar-refractivity contribution is 6.31. The number of aryl methyl sites for hydroxylation is 2. The first-order chi connectivity index (χ1) is 10.0. The highest BCUT2D eigenvalue weighted by atomic mass is 35.5. The van der Waals surface area contributed by atoms with Crippen molar-refractivity contribution in [2.75, 3.05) is 5.32 Å². The number of hydrogen-bond donors (Lipinski definition) is 1. The fraction of sp³-hybridized carbons (Fsp3) is 0.235. The zero-order chi connectivity index (χ0) is 15.0. The summed E-state index contributed by atoms with van der Waals surface area (Å²) >= 11 is 6.20. The van der Waals surface area contributed by atoms with Gasteiger partial charge in [-0.3, -0.25) is 4.98 Å². The number of fused-ring (bicyclic) bond motifs is 1. The predicted octanol–water partition coefficient (Wildman–Crippen LogP) is 5.27. The van der Waals surface area contributed by atoms with Crippen molar-refractivity contribution < 1.29 is 4.42 Å². The first-order valence-electron chi connectivity index (χ1n) is 6.92. The average molecular weight is 301 g/mol. The van der Waals surface area contributed by atoms with Crippen LogP contribution in [0, 0.1) is 13.8 Å². The van der Waals surface area contributed by atoms with E-state index in [1.807, 2.05) is 38.1 Å². The molecule has 0 saturated heterocycles. The molecular weight excluding hydrogens is 284 g/mol. The number of aromatic nitrogens is 1. The van der Waals surface area contributed by atoms with Gasteiger partial charge in [-0.15, -0.1) is 0 Å². The monoisotopic (exact) mass is 300 g/mol.